The number of benzene rings is 1. The Kier molecular flexibility index (Phi) is 5.57. The quantitative estimate of drug-likeness (QED) is 0.657. The molecule has 6 nitrogen and oxygen atoms in total. The second-order valence-electron chi connectivity index (χ2n) is 8.08. The van der Waals surface area contributed by atoms with Crippen LogP contribution in [0, 0.1) is 6.92 Å². The maximum Gasteiger partial charge on any atom is 0.159 e. The normalized spacial score (nSPS) is 17.6. The van der Waals surface area contributed by atoms with E-state index in [1.54, 1.807) is 0 Å². The number of rotatable bonds is 6. The molecule has 0 unspecified atom stereocenters. The average molecular weight is 379 g/mol. The number of fused-ring (bicyclic) bond motifs is 1. The highest BCUT2D eigenvalue weighted by Gasteiger charge is 2.26. The highest BCUT2D eigenvalue weighted by Crippen LogP contribution is 2.32. The van der Waals surface area contributed by atoms with E-state index in [1.165, 1.54) is 23.0 Å². The molecular formula is C22H30N6. The molecule has 3 aromatic rings. The van der Waals surface area contributed by atoms with Crippen molar-refractivity contribution in [2.75, 3.05) is 38.6 Å². The second kappa shape index (κ2) is 8.27. The summed E-state index contributed by atoms with van der Waals surface area (Å²) >= 11 is 0. The van der Waals surface area contributed by atoms with Gasteiger partial charge in [-0.2, -0.15) is 5.10 Å². The van der Waals surface area contributed by atoms with Gasteiger partial charge in [0.1, 0.15) is 5.82 Å². The summed E-state index contributed by atoms with van der Waals surface area (Å²) in [5, 5.41) is 11.4. The van der Waals surface area contributed by atoms with Crippen LogP contribution in [0.2, 0.25) is 0 Å². The fourth-order valence-corrected chi connectivity index (χ4v) is 4.26. The van der Waals surface area contributed by atoms with Gasteiger partial charge in [-0.15, -0.1) is 5.10 Å². The summed E-state index contributed by atoms with van der Waals surface area (Å²) < 4.78 is 2.34. The number of imidazole rings is 1. The van der Waals surface area contributed by atoms with Crippen molar-refractivity contribution in [2.24, 2.45) is 0 Å². The zero-order chi connectivity index (χ0) is 19.5. The number of hydrogen-bond donors (Lipinski definition) is 0. The van der Waals surface area contributed by atoms with Gasteiger partial charge in [-0.3, -0.25) is 0 Å². The molecule has 3 heterocycles. The van der Waals surface area contributed by atoms with Crippen LogP contribution in [0.25, 0.3) is 10.8 Å². The van der Waals surface area contributed by atoms with E-state index in [0.29, 0.717) is 5.92 Å². The minimum absolute atomic E-state index is 0.435. The highest BCUT2D eigenvalue weighted by atomic mass is 15.3. The lowest BCUT2D eigenvalue weighted by molar-refractivity contribution is 0.380. The number of piperidine rings is 1. The molecule has 1 atom stereocenters. The molecule has 0 bridgehead atoms. The minimum atomic E-state index is 0.435. The molecule has 0 amide bonds. The third-order valence-electron chi connectivity index (χ3n) is 5.69. The van der Waals surface area contributed by atoms with Crippen molar-refractivity contribution >= 4 is 16.6 Å². The first-order chi connectivity index (χ1) is 13.6. The monoisotopic (exact) mass is 378 g/mol. The molecule has 148 valence electrons. The SMILES string of the molecule is Cc1nnc(N2CCC[C@@H](c3nccn3CCCN(C)C)C2)c2ccccc12. The van der Waals surface area contributed by atoms with Gasteiger partial charge in [-0.25, -0.2) is 4.98 Å². The van der Waals surface area contributed by atoms with Crippen LogP contribution in [0.1, 0.15) is 36.7 Å². The lowest BCUT2D eigenvalue weighted by atomic mass is 9.96. The maximum atomic E-state index is 4.73. The molecule has 2 aromatic heterocycles. The van der Waals surface area contributed by atoms with Crippen molar-refractivity contribution in [1.29, 1.82) is 0 Å². The van der Waals surface area contributed by atoms with Crippen LogP contribution in [-0.4, -0.2) is 58.4 Å². The number of hydrogen-bond acceptors (Lipinski definition) is 5. The first-order valence-corrected chi connectivity index (χ1v) is 10.3. The van der Waals surface area contributed by atoms with Gasteiger partial charge in [-0.1, -0.05) is 24.3 Å². The number of anilines is 1. The third kappa shape index (κ3) is 3.87. The molecule has 0 saturated carbocycles. The number of nitrogens with zero attached hydrogens (tertiary/aromatic N) is 6. The van der Waals surface area contributed by atoms with Crippen molar-refractivity contribution in [3.05, 3.63) is 48.2 Å². The molecule has 28 heavy (non-hydrogen) atoms. The van der Waals surface area contributed by atoms with Crippen LogP contribution >= 0.6 is 0 Å². The molecule has 1 aromatic carbocycles. The van der Waals surface area contributed by atoms with Crippen molar-refractivity contribution in [1.82, 2.24) is 24.6 Å². The standard InChI is InChI=1S/C22H30N6/c1-17-19-9-4-5-10-20(19)22(25-24-17)28-13-6-8-18(16-28)21-23-11-15-27(21)14-7-12-26(2)3/h4-5,9-11,15,18H,6-8,12-14,16H2,1-3H3/t18-/m1/s1. The van der Waals surface area contributed by atoms with Crippen LogP contribution in [0.3, 0.4) is 0 Å². The first kappa shape index (κ1) is 18.9. The maximum absolute atomic E-state index is 4.73. The Hall–Kier alpha value is -2.47. The molecule has 1 saturated heterocycles. The Bertz CT molecular complexity index is 932. The van der Waals surface area contributed by atoms with Gasteiger partial charge in [0.15, 0.2) is 5.82 Å². The smallest absolute Gasteiger partial charge is 0.159 e. The molecule has 0 N–H and O–H groups in total. The minimum Gasteiger partial charge on any atom is -0.354 e. The third-order valence-corrected chi connectivity index (χ3v) is 5.69. The van der Waals surface area contributed by atoms with Crippen LogP contribution < -0.4 is 4.90 Å². The predicted octanol–water partition coefficient (Wildman–Crippen LogP) is 3.47. The molecule has 6 heteroatoms. The molecule has 0 spiro atoms. The van der Waals surface area contributed by atoms with Gasteiger partial charge in [-0.05, 0) is 46.8 Å². The molecule has 0 aliphatic carbocycles. The van der Waals surface area contributed by atoms with E-state index < -0.39 is 0 Å². The zero-order valence-corrected chi connectivity index (χ0v) is 17.2. The Morgan fingerprint density at radius 2 is 1.96 bits per heavy atom. The zero-order valence-electron chi connectivity index (χ0n) is 17.2. The Morgan fingerprint density at radius 1 is 1.14 bits per heavy atom. The van der Waals surface area contributed by atoms with Crippen molar-refractivity contribution in [2.45, 2.75) is 38.6 Å². The predicted molar refractivity (Wildman–Crippen MR) is 114 cm³/mol. The van der Waals surface area contributed by atoms with Crippen LogP contribution in [-0.2, 0) is 6.54 Å². The fourth-order valence-electron chi connectivity index (χ4n) is 4.26. The van der Waals surface area contributed by atoms with E-state index in [-0.39, 0.29) is 0 Å². The molecule has 4 rings (SSSR count). The molecular weight excluding hydrogens is 348 g/mol. The molecule has 1 aliphatic heterocycles. The van der Waals surface area contributed by atoms with E-state index in [2.05, 4.69) is 69.1 Å². The van der Waals surface area contributed by atoms with E-state index >= 15 is 0 Å². The van der Waals surface area contributed by atoms with Gasteiger partial charge in [0.05, 0.1) is 5.69 Å². The first-order valence-electron chi connectivity index (χ1n) is 10.3. The molecule has 1 aliphatic rings. The van der Waals surface area contributed by atoms with Crippen molar-refractivity contribution < 1.29 is 0 Å². The van der Waals surface area contributed by atoms with Gasteiger partial charge < -0.3 is 14.4 Å². The summed E-state index contributed by atoms with van der Waals surface area (Å²) in [6.45, 7) is 6.13. The summed E-state index contributed by atoms with van der Waals surface area (Å²) in [4.78, 5) is 9.37. The Morgan fingerprint density at radius 3 is 2.79 bits per heavy atom. The molecule has 0 radical (unpaired) electrons. The summed E-state index contributed by atoms with van der Waals surface area (Å²) in [5.41, 5.74) is 0.990. The van der Waals surface area contributed by atoms with Gasteiger partial charge in [0.25, 0.3) is 0 Å². The van der Waals surface area contributed by atoms with Crippen molar-refractivity contribution in [3.63, 3.8) is 0 Å². The highest BCUT2D eigenvalue weighted by molar-refractivity contribution is 5.93. The van der Waals surface area contributed by atoms with Gasteiger partial charge in [0, 0.05) is 48.7 Å². The van der Waals surface area contributed by atoms with Crippen molar-refractivity contribution in [3.8, 4) is 0 Å². The summed E-state index contributed by atoms with van der Waals surface area (Å²) in [5.74, 6) is 2.66. The Labute approximate surface area is 167 Å². The summed E-state index contributed by atoms with van der Waals surface area (Å²) in [6, 6.07) is 8.47. The lowest BCUT2D eigenvalue weighted by Crippen LogP contribution is -2.36. The fraction of sp³-hybridized carbons (Fsp3) is 0.500. The van der Waals surface area contributed by atoms with E-state index in [0.717, 1.165) is 50.5 Å². The summed E-state index contributed by atoms with van der Waals surface area (Å²) in [6.07, 6.45) is 7.55. The second-order valence-corrected chi connectivity index (χ2v) is 8.08. The number of aryl methyl sites for hydroxylation is 2. The largest absolute Gasteiger partial charge is 0.354 e. The van der Waals surface area contributed by atoms with Gasteiger partial charge in [0.2, 0.25) is 0 Å². The van der Waals surface area contributed by atoms with Crippen LogP contribution in [0.5, 0.6) is 0 Å². The Balaban J connectivity index is 1.55. The van der Waals surface area contributed by atoms with E-state index in [1.807, 2.05) is 13.1 Å². The molecule has 1 fully saturated rings. The summed E-state index contributed by atoms with van der Waals surface area (Å²) in [7, 11) is 4.25. The number of aromatic nitrogens is 4. The van der Waals surface area contributed by atoms with Gasteiger partial charge >= 0.3 is 0 Å². The van der Waals surface area contributed by atoms with Crippen LogP contribution in [0.4, 0.5) is 5.82 Å². The average Bonchev–Trinajstić information content (AvgIpc) is 3.17. The lowest BCUT2D eigenvalue weighted by Gasteiger charge is -2.34. The topological polar surface area (TPSA) is 50.1 Å². The van der Waals surface area contributed by atoms with Crippen LogP contribution in [0.15, 0.2) is 36.7 Å². The van der Waals surface area contributed by atoms with E-state index in [9.17, 15) is 0 Å². The van der Waals surface area contributed by atoms with E-state index in [4.69, 9.17) is 4.98 Å².